The minimum absolute atomic E-state index is 0. The zero-order valence-electron chi connectivity index (χ0n) is 10.4. The van der Waals surface area contributed by atoms with Gasteiger partial charge in [0, 0.05) is 26.2 Å². The monoisotopic (exact) mass is 307 g/mol. The van der Waals surface area contributed by atoms with Gasteiger partial charge in [-0.1, -0.05) is 0 Å². The smallest absolute Gasteiger partial charge is 0.214 e. The van der Waals surface area contributed by atoms with Crippen molar-refractivity contribution in [1.29, 1.82) is 0 Å². The third-order valence-electron chi connectivity index (χ3n) is 2.48. The summed E-state index contributed by atoms with van der Waals surface area (Å²) in [7, 11) is 0.899. The van der Waals surface area contributed by atoms with E-state index in [0.717, 1.165) is 19.6 Å². The Bertz CT molecular complexity index is 280. The van der Waals surface area contributed by atoms with Crippen LogP contribution >= 0.6 is 24.8 Å². The van der Waals surface area contributed by atoms with Gasteiger partial charge in [-0.05, 0) is 27.1 Å². The molecule has 0 radical (unpaired) electrons. The molecule has 0 aromatic rings. The SMILES string of the molecule is CN(C)CCCS(=O)(=O)N1CCNCC1.Cl.Cl. The zero-order chi connectivity index (χ0) is 11.3. The summed E-state index contributed by atoms with van der Waals surface area (Å²) in [5, 5.41) is 3.15. The van der Waals surface area contributed by atoms with Crippen molar-refractivity contribution < 1.29 is 8.42 Å². The number of piperazine rings is 1. The van der Waals surface area contributed by atoms with Crippen LogP contribution in [0.15, 0.2) is 0 Å². The second-order valence-electron chi connectivity index (χ2n) is 4.12. The fourth-order valence-electron chi connectivity index (χ4n) is 1.61. The van der Waals surface area contributed by atoms with Gasteiger partial charge < -0.3 is 10.2 Å². The third-order valence-corrected chi connectivity index (χ3v) is 4.43. The molecule has 17 heavy (non-hydrogen) atoms. The summed E-state index contributed by atoms with van der Waals surface area (Å²) in [5.74, 6) is 0.269. The van der Waals surface area contributed by atoms with Crippen LogP contribution in [0.1, 0.15) is 6.42 Å². The van der Waals surface area contributed by atoms with Crippen molar-refractivity contribution in [3.63, 3.8) is 0 Å². The predicted octanol–water partition coefficient (Wildman–Crippen LogP) is 0.0167. The molecule has 0 aromatic heterocycles. The van der Waals surface area contributed by atoms with Gasteiger partial charge in [-0.2, -0.15) is 4.31 Å². The van der Waals surface area contributed by atoms with Crippen LogP contribution < -0.4 is 5.32 Å². The highest BCUT2D eigenvalue weighted by atomic mass is 35.5. The van der Waals surface area contributed by atoms with E-state index in [1.54, 1.807) is 4.31 Å². The molecular formula is C9H23Cl2N3O2S. The Morgan fingerprint density at radius 2 is 1.71 bits per heavy atom. The third kappa shape index (κ3) is 7.43. The van der Waals surface area contributed by atoms with E-state index in [4.69, 9.17) is 0 Å². The van der Waals surface area contributed by atoms with Crippen molar-refractivity contribution in [2.24, 2.45) is 0 Å². The summed E-state index contributed by atoms with van der Waals surface area (Å²) in [6.45, 7) is 3.60. The molecule has 5 nitrogen and oxygen atoms in total. The van der Waals surface area contributed by atoms with Crippen LogP contribution in [-0.4, -0.2) is 70.2 Å². The highest BCUT2D eigenvalue weighted by molar-refractivity contribution is 7.89. The molecule has 0 unspecified atom stereocenters. The summed E-state index contributed by atoms with van der Waals surface area (Å²) in [6.07, 6.45) is 0.708. The van der Waals surface area contributed by atoms with Gasteiger partial charge in [0.1, 0.15) is 0 Å². The van der Waals surface area contributed by atoms with Crippen molar-refractivity contribution in [1.82, 2.24) is 14.5 Å². The molecule has 0 saturated carbocycles. The maximum Gasteiger partial charge on any atom is 0.214 e. The Hall–Kier alpha value is 0.410. The molecule has 0 bridgehead atoms. The minimum atomic E-state index is -3.01. The standard InChI is InChI=1S/C9H21N3O2S.2ClH/c1-11(2)6-3-9-15(13,14)12-7-4-10-5-8-12;;/h10H,3-9H2,1-2H3;2*1H. The highest BCUT2D eigenvalue weighted by Gasteiger charge is 2.22. The molecule has 1 heterocycles. The lowest BCUT2D eigenvalue weighted by Gasteiger charge is -2.26. The number of sulfonamides is 1. The maximum absolute atomic E-state index is 11.8. The molecule has 1 N–H and O–H groups in total. The van der Waals surface area contributed by atoms with Crippen LogP contribution in [0, 0.1) is 0 Å². The van der Waals surface area contributed by atoms with Gasteiger partial charge >= 0.3 is 0 Å². The fraction of sp³-hybridized carbons (Fsp3) is 1.00. The second-order valence-corrected chi connectivity index (χ2v) is 6.21. The van der Waals surface area contributed by atoms with Crippen LogP contribution in [0.2, 0.25) is 0 Å². The van der Waals surface area contributed by atoms with Crippen molar-refractivity contribution in [2.75, 3.05) is 52.6 Å². The van der Waals surface area contributed by atoms with E-state index in [1.165, 1.54) is 0 Å². The zero-order valence-corrected chi connectivity index (χ0v) is 12.8. The van der Waals surface area contributed by atoms with Crippen LogP contribution in [0.4, 0.5) is 0 Å². The Labute approximate surface area is 117 Å². The molecule has 8 heteroatoms. The number of rotatable bonds is 5. The summed E-state index contributed by atoms with van der Waals surface area (Å²) >= 11 is 0. The molecule has 1 rings (SSSR count). The molecule has 1 saturated heterocycles. The lowest BCUT2D eigenvalue weighted by Crippen LogP contribution is -2.47. The Balaban J connectivity index is 0. The lowest BCUT2D eigenvalue weighted by atomic mass is 10.4. The van der Waals surface area contributed by atoms with Gasteiger partial charge in [-0.25, -0.2) is 8.42 Å². The van der Waals surface area contributed by atoms with Crippen LogP contribution in [0.3, 0.4) is 0 Å². The van der Waals surface area contributed by atoms with Crippen molar-refractivity contribution >= 4 is 34.8 Å². The number of hydrogen-bond donors (Lipinski definition) is 1. The molecule has 0 spiro atoms. The summed E-state index contributed by atoms with van der Waals surface area (Å²) in [4.78, 5) is 2.01. The normalized spacial score (nSPS) is 17.4. The van der Waals surface area contributed by atoms with Crippen LogP contribution in [0.25, 0.3) is 0 Å². The largest absolute Gasteiger partial charge is 0.314 e. The van der Waals surface area contributed by atoms with E-state index in [0.29, 0.717) is 19.5 Å². The van der Waals surface area contributed by atoms with Gasteiger partial charge in [-0.3, -0.25) is 0 Å². The topological polar surface area (TPSA) is 52.7 Å². The Morgan fingerprint density at radius 3 is 2.18 bits per heavy atom. The van der Waals surface area contributed by atoms with E-state index in [9.17, 15) is 8.42 Å². The predicted molar refractivity (Wildman–Crippen MR) is 75.9 cm³/mol. The van der Waals surface area contributed by atoms with E-state index in [-0.39, 0.29) is 30.6 Å². The number of hydrogen-bond acceptors (Lipinski definition) is 4. The molecule has 0 atom stereocenters. The lowest BCUT2D eigenvalue weighted by molar-refractivity contribution is 0.356. The van der Waals surface area contributed by atoms with E-state index in [1.807, 2.05) is 19.0 Å². The van der Waals surface area contributed by atoms with Gasteiger partial charge in [0.15, 0.2) is 0 Å². The number of nitrogens with zero attached hydrogens (tertiary/aromatic N) is 2. The first kappa shape index (κ1) is 19.7. The number of halogens is 2. The van der Waals surface area contributed by atoms with Gasteiger partial charge in [0.25, 0.3) is 0 Å². The molecule has 0 aliphatic carbocycles. The molecule has 1 aliphatic rings. The average molecular weight is 308 g/mol. The Kier molecular flexibility index (Phi) is 10.9. The highest BCUT2D eigenvalue weighted by Crippen LogP contribution is 2.04. The quantitative estimate of drug-likeness (QED) is 0.778. The summed E-state index contributed by atoms with van der Waals surface area (Å²) in [5.41, 5.74) is 0. The van der Waals surface area contributed by atoms with Gasteiger partial charge in [-0.15, -0.1) is 24.8 Å². The second kappa shape index (κ2) is 9.35. The first-order chi connectivity index (χ1) is 7.02. The first-order valence-electron chi connectivity index (χ1n) is 5.35. The maximum atomic E-state index is 11.8. The molecule has 0 aromatic carbocycles. The van der Waals surface area contributed by atoms with E-state index in [2.05, 4.69) is 5.32 Å². The molecule has 0 amide bonds. The fourth-order valence-corrected chi connectivity index (χ4v) is 3.11. The number of nitrogens with one attached hydrogen (secondary N) is 1. The average Bonchev–Trinajstić information content (AvgIpc) is 2.18. The molecule has 1 fully saturated rings. The van der Waals surface area contributed by atoms with Crippen molar-refractivity contribution in [3.8, 4) is 0 Å². The van der Waals surface area contributed by atoms with Crippen LogP contribution in [-0.2, 0) is 10.0 Å². The Morgan fingerprint density at radius 1 is 1.18 bits per heavy atom. The summed E-state index contributed by atoms with van der Waals surface area (Å²) in [6, 6.07) is 0. The van der Waals surface area contributed by atoms with E-state index < -0.39 is 10.0 Å². The van der Waals surface area contributed by atoms with Gasteiger partial charge in [0.2, 0.25) is 10.0 Å². The van der Waals surface area contributed by atoms with E-state index >= 15 is 0 Å². The van der Waals surface area contributed by atoms with Gasteiger partial charge in [0.05, 0.1) is 5.75 Å². The molecule has 1 aliphatic heterocycles. The summed E-state index contributed by atoms with van der Waals surface area (Å²) < 4.78 is 25.3. The minimum Gasteiger partial charge on any atom is -0.314 e. The molecular weight excluding hydrogens is 285 g/mol. The van der Waals surface area contributed by atoms with Crippen molar-refractivity contribution in [3.05, 3.63) is 0 Å². The first-order valence-corrected chi connectivity index (χ1v) is 6.96. The van der Waals surface area contributed by atoms with Crippen molar-refractivity contribution in [2.45, 2.75) is 6.42 Å². The van der Waals surface area contributed by atoms with Crippen LogP contribution in [0.5, 0.6) is 0 Å². The molecule has 106 valence electrons.